The first kappa shape index (κ1) is 7.66. The summed E-state index contributed by atoms with van der Waals surface area (Å²) in [7, 11) is 0. The molecule has 13 heavy (non-hydrogen) atoms. The molecular formula is C7H8N6. The van der Waals surface area contributed by atoms with E-state index in [1.54, 1.807) is 6.20 Å². The summed E-state index contributed by atoms with van der Waals surface area (Å²) in [4.78, 5) is 12.1. The zero-order valence-electron chi connectivity index (χ0n) is 7.02. The van der Waals surface area contributed by atoms with Gasteiger partial charge in [-0.05, 0) is 13.0 Å². The molecule has 0 saturated heterocycles. The van der Waals surface area contributed by atoms with Crippen LogP contribution >= 0.6 is 0 Å². The molecule has 2 heterocycles. The van der Waals surface area contributed by atoms with E-state index in [9.17, 15) is 0 Å². The second-order valence-electron chi connectivity index (χ2n) is 2.56. The van der Waals surface area contributed by atoms with Crippen molar-refractivity contribution >= 4 is 5.95 Å². The maximum atomic E-state index is 5.34. The first-order chi connectivity index (χ1) is 6.25. The van der Waals surface area contributed by atoms with Gasteiger partial charge in [-0.3, -0.25) is 5.10 Å². The predicted octanol–water partition coefficient (Wildman–Crippen LogP) is 0.152. The summed E-state index contributed by atoms with van der Waals surface area (Å²) in [6.45, 7) is 1.88. The Labute approximate surface area is 74.2 Å². The summed E-state index contributed by atoms with van der Waals surface area (Å²) in [5, 5.41) is 6.32. The number of nitrogens with zero attached hydrogens (tertiary/aromatic N) is 4. The third-order valence-corrected chi connectivity index (χ3v) is 1.51. The molecule has 0 unspecified atom stereocenters. The Hall–Kier alpha value is -1.98. The molecule has 0 aliphatic heterocycles. The van der Waals surface area contributed by atoms with Crippen LogP contribution in [0.4, 0.5) is 5.95 Å². The Morgan fingerprint density at radius 2 is 2.23 bits per heavy atom. The average molecular weight is 176 g/mol. The summed E-state index contributed by atoms with van der Waals surface area (Å²) < 4.78 is 0. The van der Waals surface area contributed by atoms with E-state index >= 15 is 0 Å². The Kier molecular flexibility index (Phi) is 1.66. The molecule has 0 amide bonds. The Morgan fingerprint density at radius 1 is 1.38 bits per heavy atom. The number of H-pyrrole nitrogens is 1. The number of aromatic nitrogens is 5. The van der Waals surface area contributed by atoms with Crippen LogP contribution in [0.5, 0.6) is 0 Å². The Morgan fingerprint density at radius 3 is 2.85 bits per heavy atom. The van der Waals surface area contributed by atoms with Gasteiger partial charge in [0.1, 0.15) is 0 Å². The van der Waals surface area contributed by atoms with Crippen LogP contribution in [0.1, 0.15) is 5.69 Å². The lowest BCUT2D eigenvalue weighted by molar-refractivity contribution is 1.04. The minimum atomic E-state index is 0.195. The van der Waals surface area contributed by atoms with Crippen LogP contribution in [-0.2, 0) is 0 Å². The van der Waals surface area contributed by atoms with E-state index in [0.29, 0.717) is 11.6 Å². The fraction of sp³-hybridized carbons (Fsp3) is 0.143. The van der Waals surface area contributed by atoms with E-state index in [2.05, 4.69) is 25.1 Å². The Bertz CT molecular complexity index is 420. The van der Waals surface area contributed by atoms with Crippen LogP contribution in [0.25, 0.3) is 11.6 Å². The third kappa shape index (κ3) is 1.46. The highest BCUT2D eigenvalue weighted by atomic mass is 15.3. The SMILES string of the molecule is Cc1ccnc(-c2nc(N)n[nH]2)n1. The minimum Gasteiger partial charge on any atom is -0.366 e. The van der Waals surface area contributed by atoms with Crippen molar-refractivity contribution < 1.29 is 0 Å². The molecule has 0 aromatic carbocycles. The van der Waals surface area contributed by atoms with Crippen LogP contribution in [0, 0.1) is 6.92 Å². The maximum absolute atomic E-state index is 5.34. The molecule has 0 fully saturated rings. The van der Waals surface area contributed by atoms with Crippen LogP contribution in [0.3, 0.4) is 0 Å². The minimum absolute atomic E-state index is 0.195. The molecule has 2 aromatic heterocycles. The van der Waals surface area contributed by atoms with Crippen molar-refractivity contribution in [3.05, 3.63) is 18.0 Å². The van der Waals surface area contributed by atoms with Crippen molar-refractivity contribution in [2.75, 3.05) is 5.73 Å². The van der Waals surface area contributed by atoms with E-state index in [0.717, 1.165) is 5.69 Å². The molecule has 0 atom stereocenters. The van der Waals surface area contributed by atoms with Crippen LogP contribution in [0.15, 0.2) is 12.3 Å². The second-order valence-corrected chi connectivity index (χ2v) is 2.56. The van der Waals surface area contributed by atoms with Gasteiger partial charge in [-0.2, -0.15) is 4.98 Å². The molecule has 0 spiro atoms. The summed E-state index contributed by atoms with van der Waals surface area (Å²) in [6.07, 6.45) is 1.66. The van der Waals surface area contributed by atoms with E-state index in [-0.39, 0.29) is 5.95 Å². The first-order valence-electron chi connectivity index (χ1n) is 3.73. The molecule has 66 valence electrons. The van der Waals surface area contributed by atoms with Gasteiger partial charge in [0.25, 0.3) is 0 Å². The van der Waals surface area contributed by atoms with E-state index in [1.807, 2.05) is 13.0 Å². The fourth-order valence-electron chi connectivity index (χ4n) is 0.938. The number of rotatable bonds is 1. The predicted molar refractivity (Wildman–Crippen MR) is 46.6 cm³/mol. The lowest BCUT2D eigenvalue weighted by Crippen LogP contribution is -1.92. The largest absolute Gasteiger partial charge is 0.366 e. The quantitative estimate of drug-likeness (QED) is 0.645. The standard InChI is InChI=1S/C7H8N6/c1-4-2-3-9-5(10-4)6-11-7(8)13-12-6/h2-3H,1H3,(H3,8,11,12,13). The topological polar surface area (TPSA) is 93.4 Å². The molecule has 0 radical (unpaired) electrons. The van der Waals surface area contributed by atoms with Crippen LogP contribution in [-0.4, -0.2) is 25.1 Å². The van der Waals surface area contributed by atoms with Gasteiger partial charge in [-0.25, -0.2) is 9.97 Å². The second kappa shape index (κ2) is 2.81. The molecule has 2 aromatic rings. The number of hydrogen-bond acceptors (Lipinski definition) is 5. The zero-order valence-corrected chi connectivity index (χ0v) is 7.02. The highest BCUT2D eigenvalue weighted by Crippen LogP contribution is 2.08. The molecule has 0 bridgehead atoms. The van der Waals surface area contributed by atoms with Crippen molar-refractivity contribution in [2.45, 2.75) is 6.92 Å². The summed E-state index contributed by atoms with van der Waals surface area (Å²) in [5.74, 6) is 1.19. The number of nitrogens with one attached hydrogen (secondary N) is 1. The highest BCUT2D eigenvalue weighted by molar-refractivity contribution is 5.44. The molecule has 6 heteroatoms. The van der Waals surface area contributed by atoms with Crippen molar-refractivity contribution in [1.29, 1.82) is 0 Å². The number of aromatic amines is 1. The number of anilines is 1. The normalized spacial score (nSPS) is 10.2. The van der Waals surface area contributed by atoms with Crippen molar-refractivity contribution in [1.82, 2.24) is 25.1 Å². The molecule has 6 nitrogen and oxygen atoms in total. The van der Waals surface area contributed by atoms with Crippen molar-refractivity contribution in [3.63, 3.8) is 0 Å². The number of nitrogen functional groups attached to an aromatic ring is 1. The number of aryl methyl sites for hydroxylation is 1. The van der Waals surface area contributed by atoms with Crippen molar-refractivity contribution in [3.8, 4) is 11.6 Å². The monoisotopic (exact) mass is 176 g/mol. The Balaban J connectivity index is 2.46. The van der Waals surface area contributed by atoms with Gasteiger partial charge in [0, 0.05) is 11.9 Å². The lowest BCUT2D eigenvalue weighted by atomic mass is 10.4. The fourth-order valence-corrected chi connectivity index (χ4v) is 0.938. The van der Waals surface area contributed by atoms with Gasteiger partial charge in [-0.1, -0.05) is 0 Å². The van der Waals surface area contributed by atoms with Crippen LogP contribution in [0.2, 0.25) is 0 Å². The molecule has 3 N–H and O–H groups in total. The van der Waals surface area contributed by atoms with Gasteiger partial charge in [0.05, 0.1) is 0 Å². The third-order valence-electron chi connectivity index (χ3n) is 1.51. The number of nitrogens with two attached hydrogens (primary N) is 1. The van der Waals surface area contributed by atoms with Crippen molar-refractivity contribution in [2.24, 2.45) is 0 Å². The molecule has 2 rings (SSSR count). The number of hydrogen-bond donors (Lipinski definition) is 2. The molecule has 0 saturated carbocycles. The van der Waals surface area contributed by atoms with E-state index in [4.69, 9.17) is 5.73 Å². The summed E-state index contributed by atoms with van der Waals surface area (Å²) in [6, 6.07) is 1.81. The van der Waals surface area contributed by atoms with E-state index in [1.165, 1.54) is 0 Å². The van der Waals surface area contributed by atoms with Gasteiger partial charge in [-0.15, -0.1) is 5.10 Å². The first-order valence-corrected chi connectivity index (χ1v) is 3.73. The molecule has 0 aliphatic carbocycles. The van der Waals surface area contributed by atoms with Gasteiger partial charge < -0.3 is 5.73 Å². The maximum Gasteiger partial charge on any atom is 0.239 e. The summed E-state index contributed by atoms with van der Waals surface area (Å²) >= 11 is 0. The summed E-state index contributed by atoms with van der Waals surface area (Å²) in [5.41, 5.74) is 6.22. The zero-order chi connectivity index (χ0) is 9.26. The van der Waals surface area contributed by atoms with E-state index < -0.39 is 0 Å². The van der Waals surface area contributed by atoms with Gasteiger partial charge >= 0.3 is 0 Å². The van der Waals surface area contributed by atoms with Gasteiger partial charge in [0.15, 0.2) is 11.6 Å². The average Bonchev–Trinajstić information content (AvgIpc) is 2.52. The smallest absolute Gasteiger partial charge is 0.239 e. The lowest BCUT2D eigenvalue weighted by Gasteiger charge is -1.94. The van der Waals surface area contributed by atoms with Crippen LogP contribution < -0.4 is 5.73 Å². The highest BCUT2D eigenvalue weighted by Gasteiger charge is 2.05. The molecule has 0 aliphatic rings. The van der Waals surface area contributed by atoms with Gasteiger partial charge in [0.2, 0.25) is 5.95 Å². The molecular weight excluding hydrogens is 168 g/mol.